The van der Waals surface area contributed by atoms with Crippen molar-refractivity contribution < 1.29 is 0 Å². The molecule has 0 heterocycles. The molecule has 68 valence electrons. The zero-order valence-corrected chi connectivity index (χ0v) is 8.59. The molecule has 0 saturated heterocycles. The molecule has 0 aromatic heterocycles. The molecule has 0 N–H and O–H groups in total. The summed E-state index contributed by atoms with van der Waals surface area (Å²) in [4.78, 5) is 3.87. The van der Waals surface area contributed by atoms with Crippen molar-refractivity contribution in [2.45, 2.75) is 20.8 Å². The van der Waals surface area contributed by atoms with Crippen molar-refractivity contribution in [3.8, 4) is 0 Å². The van der Waals surface area contributed by atoms with E-state index in [-0.39, 0.29) is 0 Å². The van der Waals surface area contributed by atoms with E-state index in [2.05, 4.69) is 18.2 Å². The molecule has 0 radical (unpaired) electrons. The van der Waals surface area contributed by atoms with Crippen molar-refractivity contribution in [2.75, 3.05) is 7.05 Å². The second-order valence-electron chi connectivity index (χ2n) is 1.93. The zero-order valence-electron chi connectivity index (χ0n) is 8.59. The minimum atomic E-state index is 1.03. The summed E-state index contributed by atoms with van der Waals surface area (Å²) in [5.41, 5.74) is 2.12. The Hall–Kier alpha value is -1.11. The second kappa shape index (κ2) is 9.89. The van der Waals surface area contributed by atoms with E-state index >= 15 is 0 Å². The molecule has 1 nitrogen and oxygen atoms in total. The van der Waals surface area contributed by atoms with Crippen molar-refractivity contribution in [3.63, 3.8) is 0 Å². The highest BCUT2D eigenvalue weighted by Gasteiger charge is 1.88. The lowest BCUT2D eigenvalue weighted by Crippen LogP contribution is -1.82. The number of hydrogen-bond donors (Lipinski definition) is 0. The Labute approximate surface area is 76.2 Å². The summed E-state index contributed by atoms with van der Waals surface area (Å²) >= 11 is 0. The van der Waals surface area contributed by atoms with Gasteiger partial charge in [-0.05, 0) is 18.1 Å². The van der Waals surface area contributed by atoms with E-state index in [1.807, 2.05) is 20.8 Å². The first-order valence-electron chi connectivity index (χ1n) is 4.14. The topological polar surface area (TPSA) is 12.4 Å². The molecular weight excluding hydrogens is 146 g/mol. The molecule has 0 spiro atoms. The Kier molecular flexibility index (Phi) is 11.1. The molecule has 0 amide bonds. The molecule has 0 fully saturated rings. The first-order chi connectivity index (χ1) is 5.76. The highest BCUT2D eigenvalue weighted by molar-refractivity contribution is 5.83. The fraction of sp³-hybridized carbons (Fsp3) is 0.364. The van der Waals surface area contributed by atoms with E-state index in [4.69, 9.17) is 0 Å². The van der Waals surface area contributed by atoms with Gasteiger partial charge in [0.05, 0.1) is 0 Å². The SMILES string of the molecule is C=C/C(C)=C(\C=C)C=NC.CC. The van der Waals surface area contributed by atoms with E-state index < -0.39 is 0 Å². The Morgan fingerprint density at radius 1 is 1.17 bits per heavy atom. The van der Waals surface area contributed by atoms with Gasteiger partial charge >= 0.3 is 0 Å². The monoisotopic (exact) mass is 165 g/mol. The Morgan fingerprint density at radius 3 is 1.92 bits per heavy atom. The first kappa shape index (κ1) is 13.5. The summed E-state index contributed by atoms with van der Waals surface area (Å²) in [5.74, 6) is 0. The highest BCUT2D eigenvalue weighted by Crippen LogP contribution is 2.02. The quantitative estimate of drug-likeness (QED) is 0.449. The summed E-state index contributed by atoms with van der Waals surface area (Å²) in [7, 11) is 1.74. The fourth-order valence-electron chi connectivity index (χ4n) is 0.572. The van der Waals surface area contributed by atoms with Crippen molar-refractivity contribution in [1.29, 1.82) is 0 Å². The second-order valence-corrected chi connectivity index (χ2v) is 1.93. The maximum absolute atomic E-state index is 3.87. The summed E-state index contributed by atoms with van der Waals surface area (Å²) < 4.78 is 0. The molecule has 0 bridgehead atoms. The van der Waals surface area contributed by atoms with Crippen LogP contribution in [-0.4, -0.2) is 13.3 Å². The fourth-order valence-corrected chi connectivity index (χ4v) is 0.572. The average molecular weight is 165 g/mol. The Morgan fingerprint density at radius 2 is 1.67 bits per heavy atom. The van der Waals surface area contributed by atoms with Crippen LogP contribution in [0.4, 0.5) is 0 Å². The van der Waals surface area contributed by atoms with Crippen molar-refractivity contribution in [1.82, 2.24) is 0 Å². The van der Waals surface area contributed by atoms with Crippen LogP contribution >= 0.6 is 0 Å². The molecule has 0 aromatic carbocycles. The molecule has 12 heavy (non-hydrogen) atoms. The first-order valence-corrected chi connectivity index (χ1v) is 4.14. The number of hydrogen-bond acceptors (Lipinski definition) is 1. The number of nitrogens with zero attached hydrogens (tertiary/aromatic N) is 1. The van der Waals surface area contributed by atoms with Gasteiger partial charge in [0.15, 0.2) is 0 Å². The number of aliphatic imine (C=N–C) groups is 1. The molecule has 0 rings (SSSR count). The van der Waals surface area contributed by atoms with Gasteiger partial charge < -0.3 is 0 Å². The van der Waals surface area contributed by atoms with Crippen LogP contribution in [0.1, 0.15) is 20.8 Å². The van der Waals surface area contributed by atoms with Gasteiger partial charge in [-0.2, -0.15) is 0 Å². The van der Waals surface area contributed by atoms with Crippen molar-refractivity contribution >= 4 is 6.21 Å². The minimum Gasteiger partial charge on any atom is -0.296 e. The normalized spacial score (nSPS) is 11.3. The average Bonchev–Trinajstić information content (AvgIpc) is 2.16. The van der Waals surface area contributed by atoms with Gasteiger partial charge in [-0.15, -0.1) is 0 Å². The molecule has 0 saturated carbocycles. The van der Waals surface area contributed by atoms with Gasteiger partial charge in [-0.1, -0.05) is 39.2 Å². The molecule has 0 atom stereocenters. The van der Waals surface area contributed by atoms with Crippen molar-refractivity contribution in [3.05, 3.63) is 36.5 Å². The third-order valence-corrected chi connectivity index (χ3v) is 1.25. The number of allylic oxidation sites excluding steroid dienone is 4. The molecular formula is C11H19N. The molecule has 0 aliphatic heterocycles. The number of rotatable bonds is 3. The maximum atomic E-state index is 3.87. The summed E-state index contributed by atoms with van der Waals surface area (Å²) in [6, 6.07) is 0. The third-order valence-electron chi connectivity index (χ3n) is 1.25. The van der Waals surface area contributed by atoms with Crippen LogP contribution in [-0.2, 0) is 0 Å². The van der Waals surface area contributed by atoms with E-state index in [1.54, 1.807) is 25.4 Å². The van der Waals surface area contributed by atoms with Crippen LogP contribution in [0.25, 0.3) is 0 Å². The van der Waals surface area contributed by atoms with Gasteiger partial charge in [0, 0.05) is 13.3 Å². The molecule has 1 heteroatoms. The van der Waals surface area contributed by atoms with E-state index in [0.29, 0.717) is 0 Å². The third kappa shape index (κ3) is 5.66. The van der Waals surface area contributed by atoms with Gasteiger partial charge in [-0.3, -0.25) is 4.99 Å². The zero-order chi connectivity index (χ0) is 9.98. The maximum Gasteiger partial charge on any atom is 0.0283 e. The Balaban J connectivity index is 0. The van der Waals surface area contributed by atoms with Crippen LogP contribution in [0.3, 0.4) is 0 Å². The van der Waals surface area contributed by atoms with E-state index in [9.17, 15) is 0 Å². The highest BCUT2D eigenvalue weighted by atomic mass is 14.6. The summed E-state index contributed by atoms with van der Waals surface area (Å²) in [6.45, 7) is 13.3. The standard InChI is InChI=1S/C9H13N.C2H6/c1-5-8(3)9(6-2)7-10-4;1-2/h5-7H,1-2H2,3-4H3;1-2H3/b9-8+,10-7?;. The predicted octanol–water partition coefficient (Wildman–Crippen LogP) is 3.40. The summed E-state index contributed by atoms with van der Waals surface area (Å²) in [6.07, 6.45) is 5.33. The van der Waals surface area contributed by atoms with Gasteiger partial charge in [0.25, 0.3) is 0 Å². The lowest BCUT2D eigenvalue weighted by Gasteiger charge is -1.94. The van der Waals surface area contributed by atoms with Gasteiger partial charge in [-0.25, -0.2) is 0 Å². The molecule has 0 aliphatic rings. The van der Waals surface area contributed by atoms with Gasteiger partial charge in [0.1, 0.15) is 0 Å². The molecule has 0 aromatic rings. The summed E-state index contributed by atoms with van der Waals surface area (Å²) in [5, 5.41) is 0. The predicted molar refractivity (Wildman–Crippen MR) is 58.9 cm³/mol. The minimum absolute atomic E-state index is 1.03. The van der Waals surface area contributed by atoms with Crippen LogP contribution in [0.2, 0.25) is 0 Å². The Bertz CT molecular complexity index is 185. The molecule has 0 aliphatic carbocycles. The van der Waals surface area contributed by atoms with Crippen molar-refractivity contribution in [2.24, 2.45) is 4.99 Å². The van der Waals surface area contributed by atoms with E-state index in [1.165, 1.54) is 0 Å². The van der Waals surface area contributed by atoms with Crippen LogP contribution in [0, 0.1) is 0 Å². The molecule has 0 unspecified atom stereocenters. The lowest BCUT2D eigenvalue weighted by molar-refractivity contribution is 1.44. The largest absolute Gasteiger partial charge is 0.296 e. The lowest BCUT2D eigenvalue weighted by atomic mass is 10.1. The smallest absolute Gasteiger partial charge is 0.0283 e. The van der Waals surface area contributed by atoms with Crippen LogP contribution in [0.15, 0.2) is 41.4 Å². The van der Waals surface area contributed by atoms with Gasteiger partial charge in [0.2, 0.25) is 0 Å². The van der Waals surface area contributed by atoms with E-state index in [0.717, 1.165) is 11.1 Å². The van der Waals surface area contributed by atoms with Crippen LogP contribution in [0.5, 0.6) is 0 Å². The van der Waals surface area contributed by atoms with Crippen LogP contribution < -0.4 is 0 Å².